The highest BCUT2D eigenvalue weighted by Crippen LogP contribution is 2.27. The number of hydrogen-bond donors (Lipinski definition) is 1. The number of amides is 1. The number of nitrogens with one attached hydrogen (secondary N) is 1. The Kier molecular flexibility index (Phi) is 6.63. The second-order valence-electron chi connectivity index (χ2n) is 5.85. The van der Waals surface area contributed by atoms with Crippen LogP contribution in [0.2, 0.25) is 0 Å². The van der Waals surface area contributed by atoms with Crippen LogP contribution in [0.15, 0.2) is 47.4 Å². The first kappa shape index (κ1) is 19.8. The molecule has 0 aliphatic rings. The molecule has 0 unspecified atom stereocenters. The number of benzene rings is 2. The van der Waals surface area contributed by atoms with E-state index >= 15 is 0 Å². The molecule has 2 aromatic rings. The second-order valence-corrected chi connectivity index (χ2v) is 7.83. The number of carbonyl (C=O) groups excluding carboxylic acids is 1. The van der Waals surface area contributed by atoms with Gasteiger partial charge in [-0.25, -0.2) is 8.42 Å². The average molecular weight is 377 g/mol. The number of carbonyl (C=O) groups is 1. The molecule has 2 aromatic carbocycles. The molecule has 0 aromatic heterocycles. The molecule has 0 atom stereocenters. The van der Waals surface area contributed by atoms with Crippen LogP contribution >= 0.6 is 0 Å². The van der Waals surface area contributed by atoms with Gasteiger partial charge in [-0.3, -0.25) is 4.79 Å². The van der Waals surface area contributed by atoms with Crippen molar-refractivity contribution in [3.05, 3.63) is 53.6 Å². The van der Waals surface area contributed by atoms with Crippen LogP contribution in [0.4, 0.5) is 0 Å². The van der Waals surface area contributed by atoms with E-state index in [9.17, 15) is 13.2 Å². The largest absolute Gasteiger partial charge is 0.493 e. The van der Waals surface area contributed by atoms with Crippen molar-refractivity contribution in [2.75, 3.05) is 27.0 Å². The van der Waals surface area contributed by atoms with Gasteiger partial charge in [0.15, 0.2) is 21.3 Å². The molecule has 1 amide bonds. The van der Waals surface area contributed by atoms with Crippen LogP contribution in [0.3, 0.4) is 0 Å². The van der Waals surface area contributed by atoms with E-state index in [1.807, 2.05) is 18.2 Å². The Labute approximate surface area is 154 Å². The highest BCUT2D eigenvalue weighted by molar-refractivity contribution is 7.90. The maximum atomic E-state index is 12.2. The fourth-order valence-electron chi connectivity index (χ4n) is 2.63. The summed E-state index contributed by atoms with van der Waals surface area (Å²) in [6.45, 7) is 0.440. The van der Waals surface area contributed by atoms with Crippen molar-refractivity contribution >= 4 is 15.7 Å². The first-order valence-electron chi connectivity index (χ1n) is 8.10. The van der Waals surface area contributed by atoms with Crippen LogP contribution in [0.5, 0.6) is 11.5 Å². The van der Waals surface area contributed by atoms with E-state index in [0.717, 1.165) is 11.8 Å². The van der Waals surface area contributed by atoms with Gasteiger partial charge in [-0.15, -0.1) is 0 Å². The molecule has 140 valence electrons. The predicted molar refractivity (Wildman–Crippen MR) is 99.5 cm³/mol. The molecular weight excluding hydrogens is 354 g/mol. The number of sulfone groups is 1. The Morgan fingerprint density at radius 1 is 1.04 bits per heavy atom. The molecule has 2 rings (SSSR count). The molecule has 0 fully saturated rings. The maximum absolute atomic E-state index is 12.2. The van der Waals surface area contributed by atoms with Gasteiger partial charge in [-0.2, -0.15) is 0 Å². The minimum atomic E-state index is -3.36. The van der Waals surface area contributed by atoms with E-state index in [1.165, 1.54) is 6.07 Å². The van der Waals surface area contributed by atoms with Gasteiger partial charge in [0.25, 0.3) is 0 Å². The van der Waals surface area contributed by atoms with Gasteiger partial charge in [-0.05, 0) is 35.7 Å². The molecule has 7 heteroatoms. The van der Waals surface area contributed by atoms with Crippen LogP contribution in [-0.4, -0.2) is 41.3 Å². The molecule has 0 spiro atoms. The number of rotatable bonds is 8. The smallest absolute Gasteiger partial charge is 0.224 e. The number of hydrogen-bond acceptors (Lipinski definition) is 5. The van der Waals surface area contributed by atoms with Crippen molar-refractivity contribution in [2.24, 2.45) is 0 Å². The minimum absolute atomic E-state index is 0.0230. The molecule has 6 nitrogen and oxygen atoms in total. The summed E-state index contributed by atoms with van der Waals surface area (Å²) in [6, 6.07) is 12.1. The summed E-state index contributed by atoms with van der Waals surface area (Å²) in [7, 11) is -0.215. The van der Waals surface area contributed by atoms with Crippen LogP contribution in [0, 0.1) is 0 Å². The van der Waals surface area contributed by atoms with Crippen molar-refractivity contribution in [2.45, 2.75) is 17.7 Å². The summed E-state index contributed by atoms with van der Waals surface area (Å²) in [5.74, 6) is 1.07. The first-order valence-corrected chi connectivity index (χ1v) is 10.00. The fraction of sp³-hybridized carbons (Fsp3) is 0.316. The predicted octanol–water partition coefficient (Wildman–Crippen LogP) is 2.01. The summed E-state index contributed by atoms with van der Waals surface area (Å²) in [6.07, 6.45) is 1.79. The van der Waals surface area contributed by atoms with Gasteiger partial charge in [0.1, 0.15) is 0 Å². The van der Waals surface area contributed by atoms with E-state index in [4.69, 9.17) is 9.47 Å². The van der Waals surface area contributed by atoms with Gasteiger partial charge < -0.3 is 14.8 Å². The standard InChI is InChI=1S/C19H23NO5S/c1-24-16-9-8-14(12-17(16)25-2)10-11-20-19(21)13-15-6-4-5-7-18(15)26(3,22)23/h4-9,12H,10-11,13H2,1-3H3,(H,20,21). The SMILES string of the molecule is COc1ccc(CCNC(=O)Cc2ccccc2S(C)(=O)=O)cc1OC. The zero-order valence-electron chi connectivity index (χ0n) is 15.1. The average Bonchev–Trinajstić information content (AvgIpc) is 2.61. The van der Waals surface area contributed by atoms with Crippen LogP contribution < -0.4 is 14.8 Å². The third-order valence-electron chi connectivity index (χ3n) is 3.91. The lowest BCUT2D eigenvalue weighted by Gasteiger charge is -2.11. The minimum Gasteiger partial charge on any atom is -0.493 e. The zero-order chi connectivity index (χ0) is 19.2. The Hall–Kier alpha value is -2.54. The third-order valence-corrected chi connectivity index (χ3v) is 5.10. The van der Waals surface area contributed by atoms with Crippen LogP contribution in [0.25, 0.3) is 0 Å². The van der Waals surface area contributed by atoms with Gasteiger partial charge in [0.2, 0.25) is 5.91 Å². The fourth-order valence-corrected chi connectivity index (χ4v) is 3.57. The molecule has 0 heterocycles. The van der Waals surface area contributed by atoms with Crippen LogP contribution in [-0.2, 0) is 27.5 Å². The summed E-state index contributed by atoms with van der Waals surface area (Å²) in [5.41, 5.74) is 1.50. The lowest BCUT2D eigenvalue weighted by atomic mass is 10.1. The molecule has 0 radical (unpaired) electrons. The van der Waals surface area contributed by atoms with Crippen molar-refractivity contribution < 1.29 is 22.7 Å². The van der Waals surface area contributed by atoms with Gasteiger partial charge in [0, 0.05) is 12.8 Å². The second kappa shape index (κ2) is 8.71. The lowest BCUT2D eigenvalue weighted by molar-refractivity contribution is -0.120. The lowest BCUT2D eigenvalue weighted by Crippen LogP contribution is -2.27. The summed E-state index contributed by atoms with van der Waals surface area (Å²) in [5, 5.41) is 2.82. The molecular formula is C19H23NO5S. The van der Waals surface area contributed by atoms with E-state index in [2.05, 4.69) is 5.32 Å². The van der Waals surface area contributed by atoms with Crippen molar-refractivity contribution in [1.82, 2.24) is 5.32 Å². The van der Waals surface area contributed by atoms with Crippen molar-refractivity contribution in [3.63, 3.8) is 0 Å². The molecule has 1 N–H and O–H groups in total. The first-order chi connectivity index (χ1) is 12.3. The van der Waals surface area contributed by atoms with E-state index in [0.29, 0.717) is 30.0 Å². The summed E-state index contributed by atoms with van der Waals surface area (Å²) < 4.78 is 34.0. The van der Waals surface area contributed by atoms with Gasteiger partial charge >= 0.3 is 0 Å². The Morgan fingerprint density at radius 2 is 1.73 bits per heavy atom. The Bertz CT molecular complexity index is 877. The molecule has 26 heavy (non-hydrogen) atoms. The molecule has 0 saturated heterocycles. The van der Waals surface area contributed by atoms with Crippen molar-refractivity contribution in [3.8, 4) is 11.5 Å². The highest BCUT2D eigenvalue weighted by atomic mass is 32.2. The molecule has 0 aliphatic heterocycles. The summed E-state index contributed by atoms with van der Waals surface area (Å²) >= 11 is 0. The van der Waals surface area contributed by atoms with Crippen molar-refractivity contribution in [1.29, 1.82) is 0 Å². The van der Waals surface area contributed by atoms with E-state index in [-0.39, 0.29) is 17.2 Å². The van der Waals surface area contributed by atoms with E-state index < -0.39 is 9.84 Å². The quantitative estimate of drug-likeness (QED) is 0.761. The van der Waals surface area contributed by atoms with E-state index in [1.54, 1.807) is 32.4 Å². The maximum Gasteiger partial charge on any atom is 0.224 e. The number of methoxy groups -OCH3 is 2. The van der Waals surface area contributed by atoms with Gasteiger partial charge in [0.05, 0.1) is 25.5 Å². The number of ether oxygens (including phenoxy) is 2. The third kappa shape index (κ3) is 5.23. The monoisotopic (exact) mass is 377 g/mol. The topological polar surface area (TPSA) is 81.7 Å². The normalized spacial score (nSPS) is 11.0. The molecule has 0 aliphatic carbocycles. The Morgan fingerprint density at radius 3 is 2.38 bits per heavy atom. The molecule has 0 bridgehead atoms. The zero-order valence-corrected chi connectivity index (χ0v) is 15.9. The summed E-state index contributed by atoms with van der Waals surface area (Å²) in [4.78, 5) is 12.3. The highest BCUT2D eigenvalue weighted by Gasteiger charge is 2.15. The Balaban J connectivity index is 1.94. The molecule has 0 saturated carbocycles. The van der Waals surface area contributed by atoms with Crippen LogP contribution in [0.1, 0.15) is 11.1 Å². The van der Waals surface area contributed by atoms with Gasteiger partial charge in [-0.1, -0.05) is 24.3 Å².